The van der Waals surface area contributed by atoms with Crippen LogP contribution >= 0.6 is 0 Å². The van der Waals surface area contributed by atoms with Gasteiger partial charge in [0, 0.05) is 25.1 Å². The second-order valence-corrected chi connectivity index (χ2v) is 6.28. The van der Waals surface area contributed by atoms with Gasteiger partial charge in [0.2, 0.25) is 0 Å². The summed E-state index contributed by atoms with van der Waals surface area (Å²) in [4.78, 5) is 26.6. The van der Waals surface area contributed by atoms with Crippen LogP contribution in [0.15, 0.2) is 43.1 Å². The lowest BCUT2D eigenvalue weighted by Crippen LogP contribution is -2.54. The lowest BCUT2D eigenvalue weighted by atomic mass is 10.1. The number of hydrogen-bond donors (Lipinski definition) is 0. The molecule has 1 aliphatic heterocycles. The van der Waals surface area contributed by atoms with E-state index in [1.807, 2.05) is 17.0 Å². The van der Waals surface area contributed by atoms with Crippen LogP contribution in [0, 0.1) is 0 Å². The molecule has 1 saturated carbocycles. The first-order chi connectivity index (χ1) is 12.3. The Morgan fingerprint density at radius 1 is 1.20 bits per heavy atom. The largest absolute Gasteiger partial charge is 0.372 e. The van der Waals surface area contributed by atoms with Crippen LogP contribution < -0.4 is 0 Å². The maximum atomic E-state index is 12.8. The average molecular weight is 340 g/mol. The second-order valence-electron chi connectivity index (χ2n) is 6.28. The van der Waals surface area contributed by atoms with Gasteiger partial charge in [-0.1, -0.05) is 0 Å². The van der Waals surface area contributed by atoms with Crippen LogP contribution in [0.4, 0.5) is 0 Å². The molecule has 1 amide bonds. The Balaban J connectivity index is 1.42. The van der Waals surface area contributed by atoms with Gasteiger partial charge < -0.3 is 14.4 Å². The van der Waals surface area contributed by atoms with Crippen molar-refractivity contribution in [3.63, 3.8) is 0 Å². The molecule has 4 rings (SSSR count). The molecule has 0 unspecified atom stereocenters. The Hall–Kier alpha value is -2.38. The first kappa shape index (κ1) is 16.1. The van der Waals surface area contributed by atoms with E-state index in [0.717, 1.165) is 18.4 Å². The molecule has 25 heavy (non-hydrogen) atoms. The van der Waals surface area contributed by atoms with Crippen LogP contribution in [-0.4, -0.2) is 57.2 Å². The first-order valence-corrected chi connectivity index (χ1v) is 8.52. The monoisotopic (exact) mass is 340 g/mol. The minimum atomic E-state index is -0.0821. The van der Waals surface area contributed by atoms with Crippen LogP contribution in [0.1, 0.15) is 28.9 Å². The van der Waals surface area contributed by atoms with Crippen molar-refractivity contribution in [3.8, 4) is 0 Å². The molecule has 7 nitrogen and oxygen atoms in total. The zero-order chi connectivity index (χ0) is 17.1. The number of pyridine rings is 1. The zero-order valence-electron chi connectivity index (χ0n) is 13.8. The van der Waals surface area contributed by atoms with E-state index in [2.05, 4.69) is 15.0 Å². The van der Waals surface area contributed by atoms with Crippen LogP contribution in [0.5, 0.6) is 0 Å². The number of ether oxygens (including phenoxy) is 2. The zero-order valence-corrected chi connectivity index (χ0v) is 13.8. The average Bonchev–Trinajstić information content (AvgIpc) is 3.10. The molecule has 0 spiro atoms. The summed E-state index contributed by atoms with van der Waals surface area (Å²) in [7, 11) is 0. The normalized spacial score (nSPS) is 25.6. The molecule has 0 bridgehead atoms. The lowest BCUT2D eigenvalue weighted by molar-refractivity contribution is -0.108. The molecule has 2 fully saturated rings. The molecule has 2 aromatic rings. The highest BCUT2D eigenvalue weighted by Gasteiger charge is 2.45. The summed E-state index contributed by atoms with van der Waals surface area (Å²) in [5.74, 6) is -0.0597. The summed E-state index contributed by atoms with van der Waals surface area (Å²) in [6.45, 7) is 1.63. The Labute approximate surface area is 146 Å². The molecule has 0 N–H and O–H groups in total. The van der Waals surface area contributed by atoms with E-state index >= 15 is 0 Å². The highest BCUT2D eigenvalue weighted by Crippen LogP contribution is 2.33. The van der Waals surface area contributed by atoms with Crippen molar-refractivity contribution in [2.45, 2.75) is 37.7 Å². The summed E-state index contributed by atoms with van der Waals surface area (Å²) in [5, 5.41) is 0. The van der Waals surface area contributed by atoms with Gasteiger partial charge in [-0.2, -0.15) is 0 Å². The molecule has 7 heteroatoms. The number of carbonyl (C=O) groups is 1. The van der Waals surface area contributed by atoms with Crippen molar-refractivity contribution in [2.24, 2.45) is 0 Å². The van der Waals surface area contributed by atoms with Gasteiger partial charge in [0.05, 0.1) is 25.4 Å². The standard InChI is InChI=1S/C18H20N4O3/c23-18(14-5-8-20-12-21-14)22-9-10-24-17-15(22)1-2-16(17)25-11-13-3-6-19-7-4-13/h3-8,12,15-17H,1-2,9-11H2/t15-,16+,17+/m0/s1. The second kappa shape index (κ2) is 7.25. The van der Waals surface area contributed by atoms with Gasteiger partial charge in [0.25, 0.3) is 5.91 Å². The van der Waals surface area contributed by atoms with E-state index in [4.69, 9.17) is 9.47 Å². The van der Waals surface area contributed by atoms with Gasteiger partial charge in [0.15, 0.2) is 0 Å². The number of morpholine rings is 1. The van der Waals surface area contributed by atoms with E-state index in [9.17, 15) is 4.79 Å². The molecule has 1 aliphatic carbocycles. The van der Waals surface area contributed by atoms with Crippen molar-refractivity contribution in [3.05, 3.63) is 54.4 Å². The third kappa shape index (κ3) is 3.38. The van der Waals surface area contributed by atoms with Crippen molar-refractivity contribution < 1.29 is 14.3 Å². The molecule has 3 atom stereocenters. The molecule has 2 aliphatic rings. The van der Waals surface area contributed by atoms with Crippen molar-refractivity contribution in [1.82, 2.24) is 19.9 Å². The maximum absolute atomic E-state index is 12.8. The van der Waals surface area contributed by atoms with E-state index < -0.39 is 0 Å². The fourth-order valence-electron chi connectivity index (χ4n) is 3.59. The number of fused-ring (bicyclic) bond motifs is 1. The molecular formula is C18H20N4O3. The number of carbonyl (C=O) groups excluding carboxylic acids is 1. The molecule has 2 aromatic heterocycles. The topological polar surface area (TPSA) is 77.4 Å². The van der Waals surface area contributed by atoms with Crippen LogP contribution in [0.25, 0.3) is 0 Å². The third-order valence-electron chi connectivity index (χ3n) is 4.81. The number of rotatable bonds is 4. The van der Waals surface area contributed by atoms with Gasteiger partial charge in [0.1, 0.15) is 18.1 Å². The van der Waals surface area contributed by atoms with Crippen LogP contribution in [-0.2, 0) is 16.1 Å². The Bertz CT molecular complexity index is 713. The summed E-state index contributed by atoms with van der Waals surface area (Å²) >= 11 is 0. The Morgan fingerprint density at radius 3 is 2.84 bits per heavy atom. The van der Waals surface area contributed by atoms with E-state index in [1.54, 1.807) is 24.7 Å². The van der Waals surface area contributed by atoms with Crippen molar-refractivity contribution >= 4 is 5.91 Å². The molecule has 0 aromatic carbocycles. The predicted octanol–water partition coefficient (Wildman–Crippen LogP) is 1.46. The highest BCUT2D eigenvalue weighted by molar-refractivity contribution is 5.92. The van der Waals surface area contributed by atoms with Crippen LogP contribution in [0.2, 0.25) is 0 Å². The smallest absolute Gasteiger partial charge is 0.272 e. The fraction of sp³-hybridized carbons (Fsp3) is 0.444. The van der Waals surface area contributed by atoms with Gasteiger partial charge in [-0.15, -0.1) is 0 Å². The lowest BCUT2D eigenvalue weighted by Gasteiger charge is -2.38. The number of nitrogens with zero attached hydrogens (tertiary/aromatic N) is 4. The molecular weight excluding hydrogens is 320 g/mol. The van der Waals surface area contributed by atoms with Gasteiger partial charge in [-0.25, -0.2) is 9.97 Å². The maximum Gasteiger partial charge on any atom is 0.272 e. The SMILES string of the molecule is O=C(c1ccncn1)N1CCO[C@H]2[C@H](OCc3ccncc3)CC[C@@H]21. The summed E-state index contributed by atoms with van der Waals surface area (Å²) in [5.41, 5.74) is 1.51. The predicted molar refractivity (Wildman–Crippen MR) is 88.6 cm³/mol. The van der Waals surface area contributed by atoms with E-state index in [-0.39, 0.29) is 24.2 Å². The van der Waals surface area contributed by atoms with Crippen molar-refractivity contribution in [2.75, 3.05) is 13.2 Å². The fourth-order valence-corrected chi connectivity index (χ4v) is 3.59. The van der Waals surface area contributed by atoms with Gasteiger partial charge in [-0.05, 0) is 36.6 Å². The van der Waals surface area contributed by atoms with E-state index in [1.165, 1.54) is 6.33 Å². The highest BCUT2D eigenvalue weighted by atomic mass is 16.5. The number of aromatic nitrogens is 3. The molecule has 0 radical (unpaired) electrons. The number of amides is 1. The molecule has 1 saturated heterocycles. The summed E-state index contributed by atoms with van der Waals surface area (Å²) < 4.78 is 12.0. The summed E-state index contributed by atoms with van der Waals surface area (Å²) in [6.07, 6.45) is 8.19. The van der Waals surface area contributed by atoms with Gasteiger partial charge >= 0.3 is 0 Å². The first-order valence-electron chi connectivity index (χ1n) is 8.52. The molecule has 3 heterocycles. The summed E-state index contributed by atoms with van der Waals surface area (Å²) in [6, 6.07) is 5.58. The number of hydrogen-bond acceptors (Lipinski definition) is 6. The van der Waals surface area contributed by atoms with E-state index in [0.29, 0.717) is 25.5 Å². The Kier molecular flexibility index (Phi) is 4.67. The minimum absolute atomic E-state index is 0.000774. The van der Waals surface area contributed by atoms with Gasteiger partial charge in [-0.3, -0.25) is 9.78 Å². The quantitative estimate of drug-likeness (QED) is 0.839. The third-order valence-corrected chi connectivity index (χ3v) is 4.81. The van der Waals surface area contributed by atoms with Crippen molar-refractivity contribution in [1.29, 1.82) is 0 Å². The Morgan fingerprint density at radius 2 is 2.04 bits per heavy atom. The van der Waals surface area contributed by atoms with Crippen LogP contribution in [0.3, 0.4) is 0 Å². The molecule has 130 valence electrons. The minimum Gasteiger partial charge on any atom is -0.372 e.